The molecular weight excluding hydrogens is 324 g/mol. The first-order chi connectivity index (χ1) is 12.4. The molecule has 5 rings (SSSR count). The molecule has 0 aliphatic carbocycles. The van der Waals surface area contributed by atoms with Gasteiger partial charge in [0.05, 0.1) is 11.2 Å². The summed E-state index contributed by atoms with van der Waals surface area (Å²) in [5, 5.41) is 5.83. The van der Waals surface area contributed by atoms with Crippen molar-refractivity contribution in [2.75, 3.05) is 0 Å². The summed E-state index contributed by atoms with van der Waals surface area (Å²) in [6, 6.07) is 23.3. The highest BCUT2D eigenvalue weighted by Crippen LogP contribution is 2.38. The quantitative estimate of drug-likeness (QED) is 0.359. The molecule has 2 aromatic carbocycles. The number of fused-ring (bicyclic) bond motifs is 3. The van der Waals surface area contributed by atoms with Gasteiger partial charge < -0.3 is 0 Å². The van der Waals surface area contributed by atoms with Crippen LogP contribution in [0.3, 0.4) is 0 Å². The standard InChI is InChI=1S/C22H14N2S/c1-2-5-17-15(4-1)7-8-19-22(17)18(21-6-3-13-25-21)14-20(24-19)16-9-11-23-12-10-16/h1-14H. The van der Waals surface area contributed by atoms with Crippen LogP contribution < -0.4 is 0 Å². The van der Waals surface area contributed by atoms with Crippen LogP contribution in [-0.2, 0) is 0 Å². The van der Waals surface area contributed by atoms with Crippen molar-refractivity contribution in [3.05, 3.63) is 84.5 Å². The summed E-state index contributed by atoms with van der Waals surface area (Å²) in [6.07, 6.45) is 3.62. The molecule has 3 aromatic heterocycles. The summed E-state index contributed by atoms with van der Waals surface area (Å²) in [6.45, 7) is 0. The zero-order valence-electron chi connectivity index (χ0n) is 13.4. The van der Waals surface area contributed by atoms with Gasteiger partial charge in [-0.05, 0) is 46.5 Å². The van der Waals surface area contributed by atoms with Gasteiger partial charge in [-0.2, -0.15) is 0 Å². The fourth-order valence-electron chi connectivity index (χ4n) is 3.30. The second-order valence-electron chi connectivity index (χ2n) is 5.95. The van der Waals surface area contributed by atoms with Gasteiger partial charge >= 0.3 is 0 Å². The monoisotopic (exact) mass is 338 g/mol. The minimum Gasteiger partial charge on any atom is -0.265 e. The molecule has 0 saturated heterocycles. The molecule has 2 nitrogen and oxygen atoms in total. The summed E-state index contributed by atoms with van der Waals surface area (Å²) in [5.41, 5.74) is 4.33. The molecule has 0 N–H and O–H groups in total. The number of benzene rings is 2. The van der Waals surface area contributed by atoms with Crippen LogP contribution >= 0.6 is 11.3 Å². The Morgan fingerprint density at radius 2 is 1.68 bits per heavy atom. The van der Waals surface area contributed by atoms with E-state index >= 15 is 0 Å². The van der Waals surface area contributed by atoms with Crippen molar-refractivity contribution in [2.24, 2.45) is 0 Å². The lowest BCUT2D eigenvalue weighted by Crippen LogP contribution is -1.90. The van der Waals surface area contributed by atoms with Crippen molar-refractivity contribution in [1.29, 1.82) is 0 Å². The van der Waals surface area contributed by atoms with E-state index < -0.39 is 0 Å². The molecule has 0 spiro atoms. The van der Waals surface area contributed by atoms with Crippen molar-refractivity contribution >= 4 is 33.0 Å². The first-order valence-corrected chi connectivity index (χ1v) is 9.05. The van der Waals surface area contributed by atoms with E-state index in [9.17, 15) is 0 Å². The minimum absolute atomic E-state index is 0.980. The molecule has 0 atom stereocenters. The Labute approximate surface area is 149 Å². The van der Waals surface area contributed by atoms with E-state index in [1.807, 2.05) is 24.5 Å². The molecule has 0 unspecified atom stereocenters. The molecule has 0 fully saturated rings. The van der Waals surface area contributed by atoms with Gasteiger partial charge in [0.2, 0.25) is 0 Å². The third-order valence-electron chi connectivity index (χ3n) is 4.46. The number of rotatable bonds is 2. The van der Waals surface area contributed by atoms with Crippen LogP contribution in [0.1, 0.15) is 0 Å². The van der Waals surface area contributed by atoms with Gasteiger partial charge in [0.25, 0.3) is 0 Å². The summed E-state index contributed by atoms with van der Waals surface area (Å²) in [4.78, 5) is 10.3. The summed E-state index contributed by atoms with van der Waals surface area (Å²) in [5.74, 6) is 0. The lowest BCUT2D eigenvalue weighted by atomic mass is 9.98. The second-order valence-corrected chi connectivity index (χ2v) is 6.90. The van der Waals surface area contributed by atoms with E-state index in [2.05, 4.69) is 65.0 Å². The Morgan fingerprint density at radius 1 is 0.800 bits per heavy atom. The third-order valence-corrected chi connectivity index (χ3v) is 5.36. The number of hydrogen-bond donors (Lipinski definition) is 0. The van der Waals surface area contributed by atoms with Crippen LogP contribution in [0.25, 0.3) is 43.4 Å². The zero-order chi connectivity index (χ0) is 16.6. The van der Waals surface area contributed by atoms with Gasteiger partial charge in [-0.25, -0.2) is 4.98 Å². The number of aromatic nitrogens is 2. The third kappa shape index (κ3) is 2.41. The van der Waals surface area contributed by atoms with Gasteiger partial charge in [-0.3, -0.25) is 4.98 Å². The van der Waals surface area contributed by atoms with E-state index in [-0.39, 0.29) is 0 Å². The average molecular weight is 338 g/mol. The van der Waals surface area contributed by atoms with Crippen LogP contribution in [0, 0.1) is 0 Å². The molecular formula is C22H14N2S. The Morgan fingerprint density at radius 3 is 2.52 bits per heavy atom. The maximum absolute atomic E-state index is 4.94. The smallest absolute Gasteiger partial charge is 0.0722 e. The van der Waals surface area contributed by atoms with E-state index in [1.54, 1.807) is 11.3 Å². The Bertz CT molecular complexity index is 1180. The summed E-state index contributed by atoms with van der Waals surface area (Å²) in [7, 11) is 0. The number of pyridine rings is 2. The largest absolute Gasteiger partial charge is 0.265 e. The molecule has 0 saturated carbocycles. The fraction of sp³-hybridized carbons (Fsp3) is 0. The first kappa shape index (κ1) is 14.3. The van der Waals surface area contributed by atoms with Gasteiger partial charge in [0.15, 0.2) is 0 Å². The molecule has 0 radical (unpaired) electrons. The molecule has 3 heterocycles. The lowest BCUT2D eigenvalue weighted by molar-refractivity contribution is 1.31. The zero-order valence-corrected chi connectivity index (χ0v) is 14.2. The molecule has 25 heavy (non-hydrogen) atoms. The summed E-state index contributed by atoms with van der Waals surface area (Å²) >= 11 is 1.76. The highest BCUT2D eigenvalue weighted by Gasteiger charge is 2.12. The molecule has 118 valence electrons. The predicted molar refractivity (Wildman–Crippen MR) is 106 cm³/mol. The van der Waals surface area contributed by atoms with Gasteiger partial charge in [0, 0.05) is 33.8 Å². The van der Waals surface area contributed by atoms with E-state index in [0.717, 1.165) is 16.8 Å². The minimum atomic E-state index is 0.980. The molecule has 0 bridgehead atoms. The first-order valence-electron chi connectivity index (χ1n) is 8.17. The topological polar surface area (TPSA) is 25.8 Å². The lowest BCUT2D eigenvalue weighted by Gasteiger charge is -2.11. The fourth-order valence-corrected chi connectivity index (χ4v) is 4.05. The van der Waals surface area contributed by atoms with Gasteiger partial charge in [-0.1, -0.05) is 36.4 Å². The normalized spacial score (nSPS) is 11.2. The van der Waals surface area contributed by atoms with Gasteiger partial charge in [0.1, 0.15) is 0 Å². The predicted octanol–water partition coefficient (Wildman–Crippen LogP) is 6.18. The highest BCUT2D eigenvalue weighted by atomic mass is 32.1. The average Bonchev–Trinajstić information content (AvgIpc) is 3.22. The van der Waals surface area contributed by atoms with Crippen molar-refractivity contribution in [3.8, 4) is 21.7 Å². The maximum atomic E-state index is 4.94. The number of nitrogens with zero attached hydrogens (tertiary/aromatic N) is 2. The maximum Gasteiger partial charge on any atom is 0.0722 e. The van der Waals surface area contributed by atoms with Crippen LogP contribution in [-0.4, -0.2) is 9.97 Å². The summed E-state index contributed by atoms with van der Waals surface area (Å²) < 4.78 is 0. The molecule has 0 aliphatic rings. The Balaban J connectivity index is 1.92. The Hall–Kier alpha value is -3.04. The van der Waals surface area contributed by atoms with Gasteiger partial charge in [-0.15, -0.1) is 11.3 Å². The van der Waals surface area contributed by atoms with Crippen LogP contribution in [0.4, 0.5) is 0 Å². The van der Waals surface area contributed by atoms with Crippen LogP contribution in [0.15, 0.2) is 84.5 Å². The molecule has 5 aromatic rings. The molecule has 3 heteroatoms. The molecule has 0 amide bonds. The van der Waals surface area contributed by atoms with Crippen LogP contribution in [0.2, 0.25) is 0 Å². The van der Waals surface area contributed by atoms with E-state index in [4.69, 9.17) is 4.98 Å². The number of thiophene rings is 1. The number of hydrogen-bond acceptors (Lipinski definition) is 3. The molecule has 0 aliphatic heterocycles. The van der Waals surface area contributed by atoms with E-state index in [0.29, 0.717) is 0 Å². The second kappa shape index (κ2) is 5.80. The highest BCUT2D eigenvalue weighted by molar-refractivity contribution is 7.13. The van der Waals surface area contributed by atoms with Crippen LogP contribution in [0.5, 0.6) is 0 Å². The SMILES string of the molecule is c1csc(-c2cc(-c3ccncc3)nc3ccc4ccccc4c23)c1. The van der Waals surface area contributed by atoms with Crippen molar-refractivity contribution in [2.45, 2.75) is 0 Å². The van der Waals surface area contributed by atoms with Crippen molar-refractivity contribution in [1.82, 2.24) is 9.97 Å². The van der Waals surface area contributed by atoms with Crippen molar-refractivity contribution in [3.63, 3.8) is 0 Å². The van der Waals surface area contributed by atoms with Crippen molar-refractivity contribution < 1.29 is 0 Å². The Kier molecular flexibility index (Phi) is 3.32. The van der Waals surface area contributed by atoms with E-state index in [1.165, 1.54) is 26.6 Å².